The standard InChI is InChI=1S/C35H30.C19H17N.C7H8.2C2H6.H4N2/c1-3-32(26-9-5-4-6-10-26)27-17-19-28(20-18-27)34-23-30(25-15-13-24(2)14-16-25)22-31-21-29-11-7-8-12-33(29)35(31)34;20-19(14-13-15-7-2-1-3-8-15)18-12-6-10-16-9-4-5-11-17(16)18;1-7-5-3-2-4-6-7;3*1-2/h3-17,19,22-23,32H,1,18,20-21H2,2H3;1-12,14H,13,20H2;2-6H,1H3;2*1-2H3;1-2H2/b;19-14-;;;;. The van der Waals surface area contributed by atoms with Crippen molar-refractivity contribution >= 4 is 22.0 Å². The molecule has 1 atom stereocenters. The lowest BCUT2D eigenvalue weighted by Crippen LogP contribution is -2.04. The Hall–Kier alpha value is -7.30. The first kappa shape index (κ1) is 51.7. The fourth-order valence-electron chi connectivity index (χ4n) is 8.71. The second-order valence-corrected chi connectivity index (χ2v) is 16.3. The van der Waals surface area contributed by atoms with Gasteiger partial charge in [-0.25, -0.2) is 0 Å². The second-order valence-electron chi connectivity index (χ2n) is 16.3. The highest BCUT2D eigenvalue weighted by atomic mass is 15.0. The van der Waals surface area contributed by atoms with Crippen molar-refractivity contribution in [2.45, 2.75) is 73.1 Å². The van der Waals surface area contributed by atoms with Crippen LogP contribution in [0.25, 0.3) is 44.3 Å². The monoisotopic (exact) mass is 894 g/mol. The van der Waals surface area contributed by atoms with Crippen LogP contribution in [0.3, 0.4) is 0 Å². The van der Waals surface area contributed by atoms with E-state index >= 15 is 0 Å². The zero-order valence-electron chi connectivity index (χ0n) is 41.1. The van der Waals surface area contributed by atoms with E-state index < -0.39 is 0 Å². The first-order valence-electron chi connectivity index (χ1n) is 24.2. The van der Waals surface area contributed by atoms with Crippen molar-refractivity contribution in [1.29, 1.82) is 0 Å². The quantitative estimate of drug-likeness (QED) is 0.0808. The van der Waals surface area contributed by atoms with E-state index in [-0.39, 0.29) is 5.92 Å². The van der Waals surface area contributed by atoms with Gasteiger partial charge in [-0.3, -0.25) is 11.7 Å². The third kappa shape index (κ3) is 13.6. The molecule has 8 aromatic carbocycles. The number of fused-ring (bicyclic) bond motifs is 4. The zero-order valence-corrected chi connectivity index (χ0v) is 41.1. The van der Waals surface area contributed by atoms with Crippen LogP contribution in [0.1, 0.15) is 91.0 Å². The Labute approximate surface area is 408 Å². The maximum Gasteiger partial charge on any atom is 0.0356 e. The van der Waals surface area contributed by atoms with Gasteiger partial charge in [0, 0.05) is 17.2 Å². The summed E-state index contributed by atoms with van der Waals surface area (Å²) < 4.78 is 0. The predicted molar refractivity (Wildman–Crippen MR) is 298 cm³/mol. The fourth-order valence-corrected chi connectivity index (χ4v) is 8.71. The average molecular weight is 894 g/mol. The van der Waals surface area contributed by atoms with E-state index in [1.54, 1.807) is 0 Å². The van der Waals surface area contributed by atoms with Crippen LogP contribution in [0.4, 0.5) is 0 Å². The lowest BCUT2D eigenvalue weighted by Gasteiger charge is -2.23. The van der Waals surface area contributed by atoms with Crippen LogP contribution in [0.2, 0.25) is 0 Å². The highest BCUT2D eigenvalue weighted by Gasteiger charge is 2.25. The molecule has 0 saturated heterocycles. The van der Waals surface area contributed by atoms with Gasteiger partial charge in [0.15, 0.2) is 0 Å². The van der Waals surface area contributed by atoms with Crippen molar-refractivity contribution in [3.8, 4) is 22.3 Å². The molecule has 0 amide bonds. The normalized spacial score (nSPS) is 12.3. The summed E-state index contributed by atoms with van der Waals surface area (Å²) in [6.45, 7) is 16.4. The van der Waals surface area contributed by atoms with E-state index in [9.17, 15) is 0 Å². The van der Waals surface area contributed by atoms with Gasteiger partial charge in [0.1, 0.15) is 0 Å². The Morgan fingerprint density at radius 2 is 1.15 bits per heavy atom. The number of benzene rings is 8. The van der Waals surface area contributed by atoms with Gasteiger partial charge >= 0.3 is 0 Å². The van der Waals surface area contributed by atoms with Crippen LogP contribution in [-0.2, 0) is 12.8 Å². The molecule has 10 rings (SSSR count). The minimum Gasteiger partial charge on any atom is -0.398 e. The number of hydrogen-bond donors (Lipinski definition) is 3. The number of nitrogens with two attached hydrogens (primary N) is 3. The van der Waals surface area contributed by atoms with Crippen molar-refractivity contribution in [3.05, 3.63) is 275 Å². The summed E-state index contributed by atoms with van der Waals surface area (Å²) in [6.07, 6.45) is 12.9. The first-order valence-corrected chi connectivity index (χ1v) is 24.2. The largest absolute Gasteiger partial charge is 0.398 e. The molecule has 2 aliphatic rings. The predicted octanol–water partition coefficient (Wildman–Crippen LogP) is 16.6. The third-order valence-corrected chi connectivity index (χ3v) is 12.0. The summed E-state index contributed by atoms with van der Waals surface area (Å²) in [4.78, 5) is 0. The van der Waals surface area contributed by atoms with Crippen LogP contribution >= 0.6 is 0 Å². The van der Waals surface area contributed by atoms with Gasteiger partial charge < -0.3 is 5.73 Å². The highest BCUT2D eigenvalue weighted by molar-refractivity contribution is 5.93. The lowest BCUT2D eigenvalue weighted by atomic mass is 9.81. The first-order chi connectivity index (χ1) is 33.4. The smallest absolute Gasteiger partial charge is 0.0356 e. The molecule has 0 aromatic heterocycles. The summed E-state index contributed by atoms with van der Waals surface area (Å²) >= 11 is 0. The van der Waals surface area contributed by atoms with E-state index in [1.807, 2.05) is 52.0 Å². The lowest BCUT2D eigenvalue weighted by molar-refractivity contribution is 0.861. The highest BCUT2D eigenvalue weighted by Crippen LogP contribution is 2.46. The summed E-state index contributed by atoms with van der Waals surface area (Å²) in [5.74, 6) is 8.28. The Bertz CT molecular complexity index is 2860. The number of rotatable bonds is 8. The molecule has 1 unspecified atom stereocenters. The van der Waals surface area contributed by atoms with Gasteiger partial charge in [0.2, 0.25) is 0 Å². The molecule has 3 nitrogen and oxygen atoms in total. The molecule has 3 heteroatoms. The Kier molecular flexibility index (Phi) is 20.8. The minimum absolute atomic E-state index is 0.277. The summed E-state index contributed by atoms with van der Waals surface area (Å²) in [5, 5.41) is 2.43. The fraction of sp³-hybridized carbons (Fsp3) is 0.169. The Morgan fingerprint density at radius 1 is 0.559 bits per heavy atom. The minimum atomic E-state index is 0.277. The molecular formula is C65H71N3. The van der Waals surface area contributed by atoms with E-state index in [0.717, 1.165) is 36.9 Å². The van der Waals surface area contributed by atoms with Gasteiger partial charge in [-0.2, -0.15) is 0 Å². The topological polar surface area (TPSA) is 78.1 Å². The average Bonchev–Trinajstić information content (AvgIpc) is 3.80. The van der Waals surface area contributed by atoms with Gasteiger partial charge in [-0.1, -0.05) is 257 Å². The SMILES string of the molecule is C=CC(C1=CC=C(c2cc(-c3ccc(C)cc3)cc3c2-c2ccccc2C3)CC1)c1ccccc1.CC.CC.Cc1ccccc1.N/C(=C\Cc1ccccc1)c1cccc2ccccc12.NN. The summed E-state index contributed by atoms with van der Waals surface area (Å²) in [5.41, 5.74) is 26.0. The van der Waals surface area contributed by atoms with Crippen LogP contribution < -0.4 is 17.4 Å². The van der Waals surface area contributed by atoms with Crippen LogP contribution in [0.5, 0.6) is 0 Å². The molecule has 68 heavy (non-hydrogen) atoms. The van der Waals surface area contributed by atoms with Crippen LogP contribution in [-0.4, -0.2) is 0 Å². The van der Waals surface area contributed by atoms with Crippen molar-refractivity contribution in [2.24, 2.45) is 17.4 Å². The van der Waals surface area contributed by atoms with Gasteiger partial charge in [-0.05, 0) is 112 Å². The van der Waals surface area contributed by atoms with Crippen LogP contribution in [0, 0.1) is 13.8 Å². The molecule has 0 saturated carbocycles. The van der Waals surface area contributed by atoms with Crippen molar-refractivity contribution in [3.63, 3.8) is 0 Å². The van der Waals surface area contributed by atoms with E-state index in [0.29, 0.717) is 0 Å². The number of hydrogen-bond acceptors (Lipinski definition) is 3. The molecule has 6 N–H and O–H groups in total. The van der Waals surface area contributed by atoms with E-state index in [2.05, 4.69) is 226 Å². The molecule has 0 aliphatic heterocycles. The Morgan fingerprint density at radius 3 is 1.78 bits per heavy atom. The second kappa shape index (κ2) is 27.4. The molecular weight excluding hydrogens is 823 g/mol. The Balaban J connectivity index is 0.000000220. The molecule has 346 valence electrons. The molecule has 8 aromatic rings. The van der Waals surface area contributed by atoms with Crippen molar-refractivity contribution in [2.75, 3.05) is 0 Å². The van der Waals surface area contributed by atoms with Gasteiger partial charge in [0.05, 0.1) is 0 Å². The molecule has 0 heterocycles. The number of allylic oxidation sites excluding steroid dienone is 6. The maximum atomic E-state index is 6.27. The zero-order chi connectivity index (χ0) is 48.7. The maximum absolute atomic E-state index is 6.27. The number of hydrazine groups is 1. The molecule has 0 fully saturated rings. The van der Waals surface area contributed by atoms with Crippen molar-refractivity contribution < 1.29 is 0 Å². The van der Waals surface area contributed by atoms with Crippen molar-refractivity contribution in [1.82, 2.24) is 0 Å². The molecule has 0 radical (unpaired) electrons. The van der Waals surface area contributed by atoms with E-state index in [1.165, 1.54) is 83.1 Å². The molecule has 2 aliphatic carbocycles. The molecule has 0 spiro atoms. The van der Waals surface area contributed by atoms with Gasteiger partial charge in [0.25, 0.3) is 0 Å². The van der Waals surface area contributed by atoms with Gasteiger partial charge in [-0.15, -0.1) is 6.58 Å². The molecule has 0 bridgehead atoms. The van der Waals surface area contributed by atoms with E-state index in [4.69, 9.17) is 5.73 Å². The summed E-state index contributed by atoms with van der Waals surface area (Å²) in [7, 11) is 0. The van der Waals surface area contributed by atoms with Crippen LogP contribution in [0.15, 0.2) is 231 Å². The third-order valence-electron chi connectivity index (χ3n) is 12.0. The number of aryl methyl sites for hydroxylation is 2. The summed E-state index contributed by atoms with van der Waals surface area (Å²) in [6, 6.07) is 68.7.